The van der Waals surface area contributed by atoms with Gasteiger partial charge in [-0.2, -0.15) is 5.01 Å². The fraction of sp³-hybridized carbons (Fsp3) is 0.556. The van der Waals surface area contributed by atoms with Gasteiger partial charge in [-0.25, -0.2) is 10.2 Å². The third-order valence-electron chi connectivity index (χ3n) is 10.8. The number of carbonyl (C=O) groups excluding carboxylic acids is 1. The number of unbranched alkanes of at least 4 members (excludes halogenated alkanes) is 1. The van der Waals surface area contributed by atoms with Crippen LogP contribution in [0, 0.1) is 5.41 Å². The van der Waals surface area contributed by atoms with E-state index in [2.05, 4.69) is 81.5 Å². The van der Waals surface area contributed by atoms with Crippen LogP contribution in [0.3, 0.4) is 0 Å². The van der Waals surface area contributed by atoms with E-state index in [1.54, 1.807) is 6.92 Å². The zero-order valence-electron chi connectivity index (χ0n) is 26.9. The average molecular weight is 597 g/mol. The first-order valence-corrected chi connectivity index (χ1v) is 16.7. The predicted molar refractivity (Wildman–Crippen MR) is 174 cm³/mol. The topological polar surface area (TPSA) is 84.0 Å². The van der Waals surface area contributed by atoms with Gasteiger partial charge in [0.05, 0.1) is 11.5 Å². The molecular weight excluding hydrogens is 548 g/mol. The van der Waals surface area contributed by atoms with E-state index in [4.69, 9.17) is 0 Å². The van der Waals surface area contributed by atoms with Gasteiger partial charge in [-0.3, -0.25) is 14.3 Å². The molecule has 234 valence electrons. The summed E-state index contributed by atoms with van der Waals surface area (Å²) in [6.45, 7) is 6.90. The Balaban J connectivity index is 1.36. The normalized spacial score (nSPS) is 23.2. The molecule has 3 aromatic rings. The van der Waals surface area contributed by atoms with Gasteiger partial charge in [0.2, 0.25) is 0 Å². The Labute approximate surface area is 261 Å². The monoisotopic (exact) mass is 596 g/mol. The summed E-state index contributed by atoms with van der Waals surface area (Å²) in [6.07, 6.45) is 11.9. The summed E-state index contributed by atoms with van der Waals surface area (Å²) in [5.41, 5.74) is 8.55. The zero-order chi connectivity index (χ0) is 30.9. The Morgan fingerprint density at radius 1 is 1.02 bits per heavy atom. The molecule has 0 radical (unpaired) electrons. The van der Waals surface area contributed by atoms with Crippen LogP contribution in [0.1, 0.15) is 113 Å². The minimum Gasteiger partial charge on any atom is -0.299 e. The number of nitrogens with zero attached hydrogens (tertiary/aromatic N) is 5. The molecule has 1 N–H and O–H groups in total. The van der Waals surface area contributed by atoms with Crippen molar-refractivity contribution >= 4 is 5.78 Å². The SMILES string of the molecule is CCCCc1c(Cc2ccc(-c3ccccc3C3(C)N=NNN3C)cc2)c(=O)n2n1CCCC2C1(C(C)=O)CCCCCC1. The van der Waals surface area contributed by atoms with E-state index in [9.17, 15) is 9.59 Å². The van der Waals surface area contributed by atoms with Crippen molar-refractivity contribution in [3.05, 3.63) is 81.3 Å². The molecule has 0 amide bonds. The van der Waals surface area contributed by atoms with E-state index in [1.165, 1.54) is 18.5 Å². The van der Waals surface area contributed by atoms with Crippen molar-refractivity contribution in [3.8, 4) is 11.1 Å². The van der Waals surface area contributed by atoms with Crippen molar-refractivity contribution in [1.29, 1.82) is 0 Å². The number of carbonyl (C=O) groups is 1. The van der Waals surface area contributed by atoms with Crippen LogP contribution in [0.5, 0.6) is 0 Å². The van der Waals surface area contributed by atoms with E-state index in [1.807, 2.05) is 18.1 Å². The summed E-state index contributed by atoms with van der Waals surface area (Å²) < 4.78 is 4.35. The van der Waals surface area contributed by atoms with Gasteiger partial charge in [0, 0.05) is 36.8 Å². The molecule has 2 atom stereocenters. The molecule has 6 rings (SSSR count). The zero-order valence-corrected chi connectivity index (χ0v) is 26.9. The average Bonchev–Trinajstić information content (AvgIpc) is 3.37. The van der Waals surface area contributed by atoms with Gasteiger partial charge >= 0.3 is 0 Å². The highest BCUT2D eigenvalue weighted by Gasteiger charge is 2.47. The summed E-state index contributed by atoms with van der Waals surface area (Å²) in [7, 11) is 1.95. The first-order chi connectivity index (χ1) is 21.3. The summed E-state index contributed by atoms with van der Waals surface area (Å²) in [5.74, 6) is 0.272. The van der Waals surface area contributed by atoms with Gasteiger partial charge in [0.1, 0.15) is 5.78 Å². The fourth-order valence-electron chi connectivity index (χ4n) is 8.10. The van der Waals surface area contributed by atoms with Gasteiger partial charge in [0.25, 0.3) is 5.56 Å². The largest absolute Gasteiger partial charge is 0.299 e. The third kappa shape index (κ3) is 5.25. The van der Waals surface area contributed by atoms with Crippen molar-refractivity contribution < 1.29 is 4.79 Å². The van der Waals surface area contributed by atoms with Gasteiger partial charge in [-0.15, -0.1) is 5.11 Å². The molecule has 2 aromatic carbocycles. The van der Waals surface area contributed by atoms with Gasteiger partial charge in [0.15, 0.2) is 5.66 Å². The van der Waals surface area contributed by atoms with Crippen molar-refractivity contribution in [2.45, 2.75) is 116 Å². The second-order valence-corrected chi connectivity index (χ2v) is 13.4. The van der Waals surface area contributed by atoms with Crippen LogP contribution in [0.4, 0.5) is 0 Å². The molecule has 8 nitrogen and oxygen atoms in total. The lowest BCUT2D eigenvalue weighted by Gasteiger charge is -2.42. The van der Waals surface area contributed by atoms with Gasteiger partial charge in [-0.1, -0.05) is 92.8 Å². The molecular formula is C36H48N6O2. The van der Waals surface area contributed by atoms with Crippen LogP contribution in [0.2, 0.25) is 0 Å². The predicted octanol–water partition coefficient (Wildman–Crippen LogP) is 7.50. The Kier molecular flexibility index (Phi) is 8.64. The lowest BCUT2D eigenvalue weighted by atomic mass is 9.69. The van der Waals surface area contributed by atoms with Crippen molar-refractivity contribution in [2.24, 2.45) is 15.8 Å². The molecule has 1 aromatic heterocycles. The van der Waals surface area contributed by atoms with Crippen molar-refractivity contribution in [2.75, 3.05) is 7.05 Å². The number of hydrazine groups is 1. The van der Waals surface area contributed by atoms with E-state index < -0.39 is 11.1 Å². The lowest BCUT2D eigenvalue weighted by molar-refractivity contribution is -0.131. The summed E-state index contributed by atoms with van der Waals surface area (Å²) in [6, 6.07) is 16.9. The van der Waals surface area contributed by atoms with E-state index in [-0.39, 0.29) is 17.4 Å². The molecule has 1 aliphatic carbocycles. The number of benzene rings is 2. The number of ketones is 1. The molecule has 3 heterocycles. The maximum Gasteiger partial charge on any atom is 0.270 e. The molecule has 3 aliphatic rings. The first kappa shape index (κ1) is 30.5. The van der Waals surface area contributed by atoms with E-state index in [0.29, 0.717) is 6.42 Å². The Hall–Kier alpha value is -3.52. The number of hydrogen-bond acceptors (Lipinski definition) is 6. The van der Waals surface area contributed by atoms with Gasteiger partial charge < -0.3 is 0 Å². The Morgan fingerprint density at radius 3 is 2.41 bits per heavy atom. The van der Waals surface area contributed by atoms with Crippen LogP contribution < -0.4 is 11.1 Å². The third-order valence-corrected chi connectivity index (χ3v) is 10.8. The number of nitrogens with one attached hydrogen (secondary N) is 1. The highest BCUT2D eigenvalue weighted by Crippen LogP contribution is 2.48. The summed E-state index contributed by atoms with van der Waals surface area (Å²) in [4.78, 5) is 27.9. The van der Waals surface area contributed by atoms with E-state index in [0.717, 1.165) is 92.1 Å². The van der Waals surface area contributed by atoms with Crippen LogP contribution in [-0.4, -0.2) is 27.2 Å². The molecule has 2 aliphatic heterocycles. The Morgan fingerprint density at radius 2 is 1.75 bits per heavy atom. The smallest absolute Gasteiger partial charge is 0.270 e. The summed E-state index contributed by atoms with van der Waals surface area (Å²) >= 11 is 0. The minimum atomic E-state index is -0.602. The molecule has 8 heteroatoms. The fourth-order valence-corrected chi connectivity index (χ4v) is 8.10. The van der Waals surface area contributed by atoms with Crippen molar-refractivity contribution in [1.82, 2.24) is 19.9 Å². The van der Waals surface area contributed by atoms with E-state index >= 15 is 0 Å². The number of rotatable bonds is 9. The number of fused-ring (bicyclic) bond motifs is 1. The van der Waals surface area contributed by atoms with Crippen LogP contribution >= 0.6 is 0 Å². The molecule has 0 saturated heterocycles. The molecule has 0 bridgehead atoms. The van der Waals surface area contributed by atoms with Gasteiger partial charge in [-0.05, 0) is 69.1 Å². The quantitative estimate of drug-likeness (QED) is 0.259. The van der Waals surface area contributed by atoms with Crippen molar-refractivity contribution in [3.63, 3.8) is 0 Å². The minimum absolute atomic E-state index is 0.0472. The highest BCUT2D eigenvalue weighted by atomic mass is 16.1. The highest BCUT2D eigenvalue weighted by molar-refractivity contribution is 5.83. The van der Waals surface area contributed by atoms with Crippen LogP contribution in [0.25, 0.3) is 11.1 Å². The standard InChI is InChI=1S/C36H48N6O2/c1-5-6-16-32-30(34(44)42-33(17-13-24-41(32)42)36(26(2)43)22-11-7-8-12-23-36)25-27-18-20-28(21-19-27)29-14-9-10-15-31(29)35(3)37-38-39-40(35)4/h9-10,14-15,18-21,33H,5-8,11-13,16-17,22-25H2,1-4H3,(H,37,39). The maximum atomic E-state index is 14.5. The maximum absolute atomic E-state index is 14.5. The molecule has 1 fully saturated rings. The molecule has 0 spiro atoms. The number of aromatic nitrogens is 2. The lowest BCUT2D eigenvalue weighted by Crippen LogP contribution is -2.46. The number of hydrogen-bond donors (Lipinski definition) is 1. The Bertz CT molecular complexity index is 1580. The molecule has 1 saturated carbocycles. The molecule has 2 unspecified atom stereocenters. The van der Waals surface area contributed by atoms with Crippen LogP contribution in [-0.2, 0) is 29.8 Å². The molecule has 44 heavy (non-hydrogen) atoms. The summed E-state index contributed by atoms with van der Waals surface area (Å²) in [5, 5.41) is 10.5. The number of Topliss-reactive ketones (excluding diaryl/α,β-unsaturated/α-hetero) is 1. The van der Waals surface area contributed by atoms with Crippen LogP contribution in [0.15, 0.2) is 63.7 Å². The second-order valence-electron chi connectivity index (χ2n) is 13.4. The first-order valence-electron chi connectivity index (χ1n) is 16.7. The second kappa shape index (κ2) is 12.5.